The average molecular weight is 514 g/mol. The van der Waals surface area contributed by atoms with Gasteiger partial charge in [0, 0.05) is 18.6 Å². The minimum atomic E-state index is -1.43. The first kappa shape index (κ1) is 29.7. The third-order valence-electron chi connectivity index (χ3n) is 4.94. The zero-order chi connectivity index (χ0) is 26.7. The van der Waals surface area contributed by atoms with Gasteiger partial charge in [-0.3, -0.25) is 19.2 Å². The number of carbonyl (C=O) groups is 5. The first-order valence-electron chi connectivity index (χ1n) is 10.6. The van der Waals surface area contributed by atoms with Crippen LogP contribution in [0.4, 0.5) is 0 Å². The van der Waals surface area contributed by atoms with Crippen molar-refractivity contribution in [1.29, 1.82) is 0 Å². The van der Waals surface area contributed by atoms with Crippen LogP contribution in [-0.2, 0) is 30.4 Å². The summed E-state index contributed by atoms with van der Waals surface area (Å²) < 4.78 is 0. The highest BCUT2D eigenvalue weighted by atomic mass is 32.1. The number of benzene rings is 1. The second kappa shape index (κ2) is 14.1. The number of hydrogen-bond donors (Lipinski definition) is 9. The Bertz CT molecular complexity index is 911. The standard InChI is InChI=1S/C21H31N5O8S/c1-10(27)17(23)20(32)25-14(8-11-2-4-12(28)5-3-11)18(30)26-15(9-35)19(31)24-13(21(33)34)6-7-16(22)29/h2-5,10,13-15,17,27-28,35H,6-9,23H2,1H3,(H2,22,29)(H,24,31)(H,25,32)(H,26,30)(H,33,34). The van der Waals surface area contributed by atoms with E-state index in [1.54, 1.807) is 0 Å². The maximum Gasteiger partial charge on any atom is 0.326 e. The summed E-state index contributed by atoms with van der Waals surface area (Å²) in [4.78, 5) is 60.3. The normalized spacial score (nSPS) is 15.1. The lowest BCUT2D eigenvalue weighted by Gasteiger charge is -2.25. The molecule has 0 aliphatic rings. The minimum Gasteiger partial charge on any atom is -0.508 e. The van der Waals surface area contributed by atoms with E-state index >= 15 is 0 Å². The summed E-state index contributed by atoms with van der Waals surface area (Å²) in [7, 11) is 0. The first-order chi connectivity index (χ1) is 16.3. The molecule has 0 bridgehead atoms. The molecule has 35 heavy (non-hydrogen) atoms. The molecule has 5 atom stereocenters. The van der Waals surface area contributed by atoms with Gasteiger partial charge < -0.3 is 42.7 Å². The van der Waals surface area contributed by atoms with E-state index in [1.807, 2.05) is 0 Å². The predicted molar refractivity (Wildman–Crippen MR) is 127 cm³/mol. The predicted octanol–water partition coefficient (Wildman–Crippen LogP) is -2.62. The zero-order valence-electron chi connectivity index (χ0n) is 19.0. The molecule has 1 rings (SSSR count). The highest BCUT2D eigenvalue weighted by Gasteiger charge is 2.30. The Labute approximate surface area is 207 Å². The van der Waals surface area contributed by atoms with Crippen molar-refractivity contribution in [2.45, 2.75) is 56.5 Å². The Morgan fingerprint density at radius 3 is 1.94 bits per heavy atom. The molecule has 4 amide bonds. The van der Waals surface area contributed by atoms with Crippen LogP contribution in [0.3, 0.4) is 0 Å². The van der Waals surface area contributed by atoms with Crippen molar-refractivity contribution in [2.75, 3.05) is 5.75 Å². The van der Waals surface area contributed by atoms with Gasteiger partial charge in [0.2, 0.25) is 23.6 Å². The fourth-order valence-electron chi connectivity index (χ4n) is 2.85. The molecular formula is C21H31N5O8S. The number of aliphatic carboxylic acids is 1. The molecule has 1 aromatic carbocycles. The summed E-state index contributed by atoms with van der Waals surface area (Å²) >= 11 is 4.03. The highest BCUT2D eigenvalue weighted by Crippen LogP contribution is 2.12. The van der Waals surface area contributed by atoms with Crippen LogP contribution in [-0.4, -0.2) is 80.9 Å². The van der Waals surface area contributed by atoms with Crippen LogP contribution in [0.5, 0.6) is 5.75 Å². The fraction of sp³-hybridized carbons (Fsp3) is 0.476. The van der Waals surface area contributed by atoms with Crippen molar-refractivity contribution in [2.24, 2.45) is 11.5 Å². The topological polar surface area (TPSA) is 234 Å². The van der Waals surface area contributed by atoms with Crippen LogP contribution in [0.2, 0.25) is 0 Å². The third kappa shape index (κ3) is 10.2. The van der Waals surface area contributed by atoms with Crippen molar-refractivity contribution in [3.05, 3.63) is 29.8 Å². The molecule has 13 nitrogen and oxygen atoms in total. The molecule has 14 heteroatoms. The van der Waals surface area contributed by atoms with Gasteiger partial charge in [0.05, 0.1) is 6.10 Å². The van der Waals surface area contributed by atoms with Crippen LogP contribution < -0.4 is 27.4 Å². The number of aromatic hydroxyl groups is 1. The maximum absolute atomic E-state index is 13.0. The molecule has 0 radical (unpaired) electrons. The van der Waals surface area contributed by atoms with Gasteiger partial charge in [-0.2, -0.15) is 12.6 Å². The number of carboxylic acid groups (broad SMARTS) is 1. The van der Waals surface area contributed by atoms with Crippen molar-refractivity contribution in [1.82, 2.24) is 16.0 Å². The van der Waals surface area contributed by atoms with E-state index in [-0.39, 0.29) is 30.8 Å². The molecule has 0 fully saturated rings. The van der Waals surface area contributed by atoms with Crippen LogP contribution in [0.15, 0.2) is 24.3 Å². The van der Waals surface area contributed by atoms with Crippen LogP contribution in [0.25, 0.3) is 0 Å². The van der Waals surface area contributed by atoms with Crippen molar-refractivity contribution in [3.8, 4) is 5.75 Å². The molecule has 0 saturated carbocycles. The lowest BCUT2D eigenvalue weighted by Crippen LogP contribution is -2.59. The minimum absolute atomic E-state index is 0.00829. The highest BCUT2D eigenvalue weighted by molar-refractivity contribution is 7.80. The average Bonchev–Trinajstić information content (AvgIpc) is 2.79. The van der Waals surface area contributed by atoms with E-state index in [9.17, 15) is 39.3 Å². The summed E-state index contributed by atoms with van der Waals surface area (Å²) in [5, 5.41) is 35.3. The number of phenolic OH excluding ortho intramolecular Hbond substituents is 1. The van der Waals surface area contributed by atoms with E-state index in [4.69, 9.17) is 11.5 Å². The number of carboxylic acids is 1. The number of hydrogen-bond acceptors (Lipinski definition) is 9. The number of nitrogens with one attached hydrogen (secondary N) is 3. The van der Waals surface area contributed by atoms with E-state index in [1.165, 1.54) is 31.2 Å². The van der Waals surface area contributed by atoms with Gasteiger partial charge in [-0.15, -0.1) is 0 Å². The number of carbonyl (C=O) groups excluding carboxylic acids is 4. The Morgan fingerprint density at radius 2 is 1.46 bits per heavy atom. The van der Waals surface area contributed by atoms with Gasteiger partial charge in [0.1, 0.15) is 29.9 Å². The van der Waals surface area contributed by atoms with E-state index in [0.29, 0.717) is 5.56 Å². The largest absolute Gasteiger partial charge is 0.508 e. The Balaban J connectivity index is 3.00. The molecule has 0 aromatic heterocycles. The summed E-state index contributed by atoms with van der Waals surface area (Å²) in [5.41, 5.74) is 11.2. The molecule has 0 spiro atoms. The van der Waals surface area contributed by atoms with Crippen molar-refractivity contribution in [3.63, 3.8) is 0 Å². The molecule has 0 heterocycles. The lowest BCUT2D eigenvalue weighted by molar-refractivity contribution is -0.142. The Kier molecular flexibility index (Phi) is 12.0. The van der Waals surface area contributed by atoms with Crippen LogP contribution in [0.1, 0.15) is 25.3 Å². The quantitative estimate of drug-likeness (QED) is 0.118. The smallest absolute Gasteiger partial charge is 0.326 e. The third-order valence-corrected chi connectivity index (χ3v) is 5.31. The lowest BCUT2D eigenvalue weighted by atomic mass is 10.0. The second-order valence-electron chi connectivity index (χ2n) is 7.85. The maximum atomic E-state index is 13.0. The van der Waals surface area contributed by atoms with Gasteiger partial charge in [-0.25, -0.2) is 4.79 Å². The Morgan fingerprint density at radius 1 is 0.943 bits per heavy atom. The molecule has 1 aromatic rings. The van der Waals surface area contributed by atoms with Crippen molar-refractivity contribution < 1.29 is 39.3 Å². The van der Waals surface area contributed by atoms with Gasteiger partial charge in [0.15, 0.2) is 0 Å². The number of primary amides is 1. The molecule has 194 valence electrons. The number of thiol groups is 1. The van der Waals surface area contributed by atoms with Gasteiger partial charge in [-0.1, -0.05) is 12.1 Å². The van der Waals surface area contributed by atoms with E-state index in [2.05, 4.69) is 28.6 Å². The molecule has 10 N–H and O–H groups in total. The first-order valence-corrected chi connectivity index (χ1v) is 11.2. The SMILES string of the molecule is CC(O)C(N)C(=O)NC(Cc1ccc(O)cc1)C(=O)NC(CS)C(=O)NC(CCC(N)=O)C(=O)O. The Hall–Kier alpha value is -3.36. The molecule has 0 aliphatic carbocycles. The molecule has 0 saturated heterocycles. The zero-order valence-corrected chi connectivity index (χ0v) is 19.9. The molecule has 0 aliphatic heterocycles. The van der Waals surface area contributed by atoms with Crippen LogP contribution in [0, 0.1) is 0 Å². The van der Waals surface area contributed by atoms with E-state index < -0.39 is 59.9 Å². The number of aliphatic hydroxyl groups excluding tert-OH is 1. The second-order valence-corrected chi connectivity index (χ2v) is 8.21. The van der Waals surface area contributed by atoms with E-state index in [0.717, 1.165) is 0 Å². The summed E-state index contributed by atoms with van der Waals surface area (Å²) in [6, 6.07) is 0.542. The van der Waals surface area contributed by atoms with Gasteiger partial charge in [-0.05, 0) is 31.0 Å². The number of amides is 4. The number of phenols is 1. The van der Waals surface area contributed by atoms with Crippen molar-refractivity contribution >= 4 is 42.2 Å². The summed E-state index contributed by atoms with van der Waals surface area (Å²) in [6.45, 7) is 1.30. The fourth-order valence-corrected chi connectivity index (χ4v) is 3.10. The summed E-state index contributed by atoms with van der Waals surface area (Å²) in [5.74, 6) is -4.86. The van der Waals surface area contributed by atoms with Gasteiger partial charge >= 0.3 is 5.97 Å². The van der Waals surface area contributed by atoms with Crippen LogP contribution >= 0.6 is 12.6 Å². The number of aliphatic hydroxyl groups is 1. The number of rotatable bonds is 14. The number of nitrogens with two attached hydrogens (primary N) is 2. The molecular weight excluding hydrogens is 482 g/mol. The summed E-state index contributed by atoms with van der Waals surface area (Å²) in [6.07, 6.45) is -1.78. The monoisotopic (exact) mass is 513 g/mol. The molecule has 5 unspecified atom stereocenters. The van der Waals surface area contributed by atoms with Gasteiger partial charge in [0.25, 0.3) is 0 Å².